The molecule has 0 bridgehead atoms. The number of methoxy groups -OCH3 is 1. The van der Waals surface area contributed by atoms with Crippen molar-refractivity contribution in [1.82, 2.24) is 5.32 Å². The van der Waals surface area contributed by atoms with Crippen molar-refractivity contribution in [2.75, 3.05) is 18.4 Å². The highest BCUT2D eigenvalue weighted by molar-refractivity contribution is 7.92. The number of hydrogen-bond donors (Lipinski definition) is 2. The third-order valence-corrected chi connectivity index (χ3v) is 5.70. The zero-order valence-electron chi connectivity index (χ0n) is 13.9. The Morgan fingerprint density at radius 2 is 2.08 bits per heavy atom. The molecule has 1 heterocycles. The highest BCUT2D eigenvalue weighted by Crippen LogP contribution is 2.30. The number of benzene rings is 2. The molecule has 0 aromatic heterocycles. The van der Waals surface area contributed by atoms with E-state index >= 15 is 0 Å². The van der Waals surface area contributed by atoms with Crippen LogP contribution in [-0.2, 0) is 29.4 Å². The van der Waals surface area contributed by atoms with Crippen LogP contribution in [0.2, 0.25) is 0 Å². The van der Waals surface area contributed by atoms with Gasteiger partial charge in [0.05, 0.1) is 12.8 Å². The summed E-state index contributed by atoms with van der Waals surface area (Å²) in [5.74, 6) is 0.353. The molecule has 0 amide bonds. The van der Waals surface area contributed by atoms with E-state index in [0.717, 1.165) is 42.6 Å². The van der Waals surface area contributed by atoms with Gasteiger partial charge >= 0.3 is 0 Å². The lowest BCUT2D eigenvalue weighted by Gasteiger charge is -2.21. The van der Waals surface area contributed by atoms with Gasteiger partial charge in [-0.1, -0.05) is 25.1 Å². The minimum absolute atomic E-state index is 0.177. The van der Waals surface area contributed by atoms with Crippen molar-refractivity contribution in [1.29, 1.82) is 0 Å². The van der Waals surface area contributed by atoms with Crippen molar-refractivity contribution >= 4 is 15.7 Å². The van der Waals surface area contributed by atoms with Crippen molar-refractivity contribution in [2.45, 2.75) is 31.2 Å². The van der Waals surface area contributed by atoms with E-state index < -0.39 is 10.0 Å². The fourth-order valence-corrected chi connectivity index (χ4v) is 4.29. The molecule has 24 heavy (non-hydrogen) atoms. The molecule has 3 rings (SSSR count). The first-order chi connectivity index (χ1) is 11.5. The van der Waals surface area contributed by atoms with Crippen LogP contribution in [0.1, 0.15) is 23.6 Å². The first kappa shape index (κ1) is 16.8. The van der Waals surface area contributed by atoms with Gasteiger partial charge in [-0.15, -0.1) is 0 Å². The Labute approximate surface area is 143 Å². The van der Waals surface area contributed by atoms with Gasteiger partial charge in [0.25, 0.3) is 10.0 Å². The molecule has 2 aromatic rings. The summed E-state index contributed by atoms with van der Waals surface area (Å²) in [5.41, 5.74) is 3.80. The van der Waals surface area contributed by atoms with Crippen molar-refractivity contribution in [2.24, 2.45) is 0 Å². The summed E-state index contributed by atoms with van der Waals surface area (Å²) in [6.45, 7) is 3.60. The topological polar surface area (TPSA) is 67.4 Å². The van der Waals surface area contributed by atoms with E-state index in [4.69, 9.17) is 4.74 Å². The first-order valence-corrected chi connectivity index (χ1v) is 9.54. The normalized spacial score (nSPS) is 14.1. The molecule has 0 saturated carbocycles. The van der Waals surface area contributed by atoms with Gasteiger partial charge in [0, 0.05) is 6.54 Å². The molecule has 6 heteroatoms. The molecule has 2 N–H and O–H groups in total. The molecular weight excluding hydrogens is 324 g/mol. The van der Waals surface area contributed by atoms with Gasteiger partial charge in [0.15, 0.2) is 0 Å². The number of nitrogens with one attached hydrogen (secondary N) is 2. The van der Waals surface area contributed by atoms with Crippen LogP contribution in [0.3, 0.4) is 0 Å². The molecule has 1 aliphatic rings. The van der Waals surface area contributed by atoms with Gasteiger partial charge in [-0.05, 0) is 54.3 Å². The van der Waals surface area contributed by atoms with Crippen LogP contribution >= 0.6 is 0 Å². The van der Waals surface area contributed by atoms with Crippen LogP contribution in [0.4, 0.5) is 5.69 Å². The van der Waals surface area contributed by atoms with Gasteiger partial charge < -0.3 is 10.1 Å². The van der Waals surface area contributed by atoms with E-state index in [1.165, 1.54) is 7.11 Å². The second-order valence-corrected chi connectivity index (χ2v) is 7.47. The smallest absolute Gasteiger partial charge is 0.265 e. The molecule has 0 spiro atoms. The van der Waals surface area contributed by atoms with E-state index in [1.54, 1.807) is 12.1 Å². The lowest BCUT2D eigenvalue weighted by molar-refractivity contribution is 0.402. The zero-order chi connectivity index (χ0) is 17.2. The monoisotopic (exact) mass is 346 g/mol. The molecule has 0 saturated heterocycles. The Bertz CT molecular complexity index is 847. The average molecular weight is 346 g/mol. The summed E-state index contributed by atoms with van der Waals surface area (Å²) in [5, 5.41) is 3.30. The molecular formula is C18H22N2O3S. The number of sulfonamides is 1. The Morgan fingerprint density at radius 3 is 2.83 bits per heavy atom. The quantitative estimate of drug-likeness (QED) is 0.873. The summed E-state index contributed by atoms with van der Waals surface area (Å²) in [6.07, 6.45) is 1.57. The molecule has 2 aromatic carbocycles. The van der Waals surface area contributed by atoms with E-state index in [-0.39, 0.29) is 4.90 Å². The number of rotatable bonds is 5. The molecule has 128 valence electrons. The standard InChI is InChI=1S/C18H22N2O3S/c1-3-13-7-8-17(23-2)18(11-13)24(21,22)20-16-6-4-5-14-12-19-10-9-15(14)16/h4-8,11,19-20H,3,9-10,12H2,1-2H3. The largest absolute Gasteiger partial charge is 0.495 e. The fourth-order valence-electron chi connectivity index (χ4n) is 2.98. The van der Waals surface area contributed by atoms with Crippen molar-refractivity contribution in [3.8, 4) is 5.75 Å². The second-order valence-electron chi connectivity index (χ2n) is 5.81. The van der Waals surface area contributed by atoms with Gasteiger partial charge in [-0.3, -0.25) is 4.72 Å². The summed E-state index contributed by atoms with van der Waals surface area (Å²) < 4.78 is 33.9. The van der Waals surface area contributed by atoms with Crippen LogP contribution in [0.5, 0.6) is 5.75 Å². The number of ether oxygens (including phenoxy) is 1. The molecule has 5 nitrogen and oxygen atoms in total. The lowest BCUT2D eigenvalue weighted by Crippen LogP contribution is -2.25. The van der Waals surface area contributed by atoms with Crippen LogP contribution in [0.15, 0.2) is 41.3 Å². The fraction of sp³-hybridized carbons (Fsp3) is 0.333. The third-order valence-electron chi connectivity index (χ3n) is 4.31. The molecule has 1 aliphatic heterocycles. The summed E-state index contributed by atoms with van der Waals surface area (Å²) in [4.78, 5) is 0.177. The number of hydrogen-bond acceptors (Lipinski definition) is 4. The Kier molecular flexibility index (Phi) is 4.78. The van der Waals surface area contributed by atoms with Crippen LogP contribution in [0, 0.1) is 0 Å². The lowest BCUT2D eigenvalue weighted by atomic mass is 9.99. The van der Waals surface area contributed by atoms with E-state index in [2.05, 4.69) is 10.0 Å². The number of anilines is 1. The van der Waals surface area contributed by atoms with Crippen molar-refractivity contribution in [3.63, 3.8) is 0 Å². The minimum atomic E-state index is -3.72. The predicted octanol–water partition coefficient (Wildman–Crippen LogP) is 2.70. The highest BCUT2D eigenvalue weighted by Gasteiger charge is 2.22. The molecule has 0 atom stereocenters. The van der Waals surface area contributed by atoms with Gasteiger partial charge in [-0.2, -0.15) is 0 Å². The van der Waals surface area contributed by atoms with Gasteiger partial charge in [-0.25, -0.2) is 8.42 Å². The van der Waals surface area contributed by atoms with Gasteiger partial charge in [0.2, 0.25) is 0 Å². The average Bonchev–Trinajstić information content (AvgIpc) is 2.61. The Morgan fingerprint density at radius 1 is 1.25 bits per heavy atom. The number of fused-ring (bicyclic) bond motifs is 1. The maximum atomic E-state index is 12.9. The number of aryl methyl sites for hydroxylation is 1. The van der Waals surface area contributed by atoms with Crippen molar-refractivity contribution < 1.29 is 13.2 Å². The maximum absolute atomic E-state index is 12.9. The van der Waals surface area contributed by atoms with Gasteiger partial charge in [0.1, 0.15) is 10.6 Å². The zero-order valence-corrected chi connectivity index (χ0v) is 14.7. The SMILES string of the molecule is CCc1ccc(OC)c(S(=O)(=O)Nc2cccc3c2CCNC3)c1. The van der Waals surface area contributed by atoms with Crippen LogP contribution in [0.25, 0.3) is 0 Å². The molecule has 0 unspecified atom stereocenters. The summed E-state index contributed by atoms with van der Waals surface area (Å²) in [7, 11) is -2.24. The summed E-state index contributed by atoms with van der Waals surface area (Å²) in [6, 6.07) is 11.0. The Balaban J connectivity index is 2.01. The first-order valence-electron chi connectivity index (χ1n) is 8.06. The predicted molar refractivity (Wildman–Crippen MR) is 95.0 cm³/mol. The maximum Gasteiger partial charge on any atom is 0.265 e. The Hall–Kier alpha value is -2.05. The van der Waals surface area contributed by atoms with Crippen LogP contribution < -0.4 is 14.8 Å². The van der Waals surface area contributed by atoms with E-state index in [9.17, 15) is 8.42 Å². The van der Waals surface area contributed by atoms with E-state index in [1.807, 2.05) is 31.2 Å². The minimum Gasteiger partial charge on any atom is -0.495 e. The van der Waals surface area contributed by atoms with Crippen molar-refractivity contribution in [3.05, 3.63) is 53.1 Å². The highest BCUT2D eigenvalue weighted by atomic mass is 32.2. The molecule has 0 fully saturated rings. The van der Waals surface area contributed by atoms with E-state index in [0.29, 0.717) is 11.4 Å². The van der Waals surface area contributed by atoms with Crippen LogP contribution in [-0.4, -0.2) is 22.1 Å². The third kappa shape index (κ3) is 3.25. The molecule has 0 radical (unpaired) electrons. The molecule has 0 aliphatic carbocycles. The second kappa shape index (κ2) is 6.83. The summed E-state index contributed by atoms with van der Waals surface area (Å²) >= 11 is 0.